The van der Waals surface area contributed by atoms with Crippen LogP contribution in [0, 0.1) is 0 Å². The summed E-state index contributed by atoms with van der Waals surface area (Å²) in [5.41, 5.74) is 8.96. The second-order valence-corrected chi connectivity index (χ2v) is 2.91. The van der Waals surface area contributed by atoms with Gasteiger partial charge in [0.25, 0.3) is 0 Å². The maximum Gasteiger partial charge on any atom is 0.159 e. The fourth-order valence-corrected chi connectivity index (χ4v) is 1.30. The first-order valence-electron chi connectivity index (χ1n) is 3.90. The van der Waals surface area contributed by atoms with E-state index < -0.39 is 0 Å². The second kappa shape index (κ2) is 2.60. The molecule has 0 saturated heterocycles. The van der Waals surface area contributed by atoms with Crippen molar-refractivity contribution in [1.29, 1.82) is 0 Å². The van der Waals surface area contributed by atoms with Crippen LogP contribution in [0.3, 0.4) is 0 Å². The first kappa shape index (κ1) is 7.31. The van der Waals surface area contributed by atoms with Gasteiger partial charge in [-0.2, -0.15) is 0 Å². The van der Waals surface area contributed by atoms with Gasteiger partial charge in [0.1, 0.15) is 0 Å². The fourth-order valence-electron chi connectivity index (χ4n) is 1.30. The number of hydrazine groups is 1. The molecule has 0 spiro atoms. The minimum Gasteiger partial charge on any atom is -0.321 e. The molecule has 0 aliphatic carbocycles. The van der Waals surface area contributed by atoms with Crippen molar-refractivity contribution < 1.29 is 4.79 Å². The van der Waals surface area contributed by atoms with Gasteiger partial charge < -0.3 is 5.43 Å². The molecule has 2 N–H and O–H groups in total. The van der Waals surface area contributed by atoms with E-state index in [4.69, 9.17) is 0 Å². The third kappa shape index (κ3) is 1.08. The van der Waals surface area contributed by atoms with Gasteiger partial charge in [-0.25, -0.2) is 5.43 Å². The average Bonchev–Trinajstić information content (AvgIpc) is 2.49. The van der Waals surface area contributed by atoms with Crippen LogP contribution >= 0.6 is 0 Å². The number of Topliss-reactive ketones (excluding diaryl/α,β-unsaturated/α-hetero) is 1. The summed E-state index contributed by atoms with van der Waals surface area (Å²) in [4.78, 5) is 11.0. The summed E-state index contributed by atoms with van der Waals surface area (Å²) in [5, 5.41) is 0. The topological polar surface area (TPSA) is 41.1 Å². The first-order chi connectivity index (χ1) is 5.77. The van der Waals surface area contributed by atoms with Crippen molar-refractivity contribution in [2.75, 3.05) is 5.43 Å². The molecule has 0 bridgehead atoms. The predicted octanol–water partition coefficient (Wildman–Crippen LogP) is 1.32. The van der Waals surface area contributed by atoms with Gasteiger partial charge in [-0.3, -0.25) is 4.79 Å². The molecule has 1 aliphatic rings. The molecule has 3 nitrogen and oxygen atoms in total. The number of nitrogens with one attached hydrogen (secondary N) is 2. The zero-order valence-corrected chi connectivity index (χ0v) is 6.85. The lowest BCUT2D eigenvalue weighted by molar-refractivity contribution is 0.101. The normalized spacial score (nSPS) is 13.8. The molecule has 1 aromatic rings. The van der Waals surface area contributed by atoms with E-state index in [1.54, 1.807) is 6.92 Å². The van der Waals surface area contributed by atoms with Crippen LogP contribution in [0.15, 0.2) is 18.2 Å². The van der Waals surface area contributed by atoms with E-state index in [0.29, 0.717) is 0 Å². The molecule has 62 valence electrons. The predicted molar refractivity (Wildman–Crippen MR) is 46.9 cm³/mol. The van der Waals surface area contributed by atoms with Gasteiger partial charge in [0, 0.05) is 12.1 Å². The van der Waals surface area contributed by atoms with Crippen molar-refractivity contribution in [2.24, 2.45) is 0 Å². The smallest absolute Gasteiger partial charge is 0.159 e. The summed E-state index contributed by atoms with van der Waals surface area (Å²) < 4.78 is 0. The molecule has 0 amide bonds. The molecular weight excluding hydrogens is 152 g/mol. The second-order valence-electron chi connectivity index (χ2n) is 2.91. The molecular formula is C9H10N2O. The summed E-state index contributed by atoms with van der Waals surface area (Å²) in [7, 11) is 0. The van der Waals surface area contributed by atoms with E-state index in [2.05, 4.69) is 10.9 Å². The van der Waals surface area contributed by atoms with Crippen molar-refractivity contribution in [1.82, 2.24) is 5.43 Å². The number of carbonyl (C=O) groups is 1. The van der Waals surface area contributed by atoms with Crippen LogP contribution in [0.25, 0.3) is 0 Å². The van der Waals surface area contributed by atoms with Crippen LogP contribution in [0.1, 0.15) is 22.8 Å². The van der Waals surface area contributed by atoms with Crippen molar-refractivity contribution in [3.05, 3.63) is 29.3 Å². The lowest BCUT2D eigenvalue weighted by atomic mass is 10.1. The molecule has 1 heterocycles. The maximum absolute atomic E-state index is 11.0. The van der Waals surface area contributed by atoms with Crippen LogP contribution in [-0.4, -0.2) is 5.78 Å². The van der Waals surface area contributed by atoms with E-state index in [0.717, 1.165) is 17.8 Å². The molecule has 1 aromatic carbocycles. The van der Waals surface area contributed by atoms with E-state index in [9.17, 15) is 4.79 Å². The van der Waals surface area contributed by atoms with E-state index >= 15 is 0 Å². The van der Waals surface area contributed by atoms with Crippen molar-refractivity contribution in [3.63, 3.8) is 0 Å². The molecule has 0 fully saturated rings. The molecule has 0 aromatic heterocycles. The Morgan fingerprint density at radius 1 is 1.50 bits per heavy atom. The van der Waals surface area contributed by atoms with Crippen LogP contribution in [0.4, 0.5) is 5.69 Å². The quantitative estimate of drug-likeness (QED) is 0.612. The molecule has 2 rings (SSSR count). The Hall–Kier alpha value is -1.35. The van der Waals surface area contributed by atoms with Gasteiger partial charge in [0.05, 0.1) is 5.69 Å². The van der Waals surface area contributed by atoms with Crippen LogP contribution < -0.4 is 10.9 Å². The lowest BCUT2D eigenvalue weighted by Gasteiger charge is -1.99. The molecule has 1 aliphatic heterocycles. The number of fused-ring (bicyclic) bond motifs is 1. The van der Waals surface area contributed by atoms with Gasteiger partial charge in [-0.15, -0.1) is 0 Å². The highest BCUT2D eigenvalue weighted by molar-refractivity contribution is 5.95. The molecule has 12 heavy (non-hydrogen) atoms. The molecule has 3 heteroatoms. The Kier molecular flexibility index (Phi) is 1.59. The lowest BCUT2D eigenvalue weighted by Crippen LogP contribution is -2.10. The largest absolute Gasteiger partial charge is 0.321 e. The standard InChI is InChI=1S/C9H10N2O/c1-6(12)7-2-3-8-5-10-11-9(8)4-7/h2-4,10-11H,5H2,1H3. The average molecular weight is 162 g/mol. The Morgan fingerprint density at radius 2 is 2.33 bits per heavy atom. The molecule has 0 saturated carbocycles. The Labute approximate surface area is 70.8 Å². The Balaban J connectivity index is 2.45. The third-order valence-electron chi connectivity index (χ3n) is 2.02. The van der Waals surface area contributed by atoms with Gasteiger partial charge in [-0.1, -0.05) is 12.1 Å². The zero-order valence-electron chi connectivity index (χ0n) is 6.85. The maximum atomic E-state index is 11.0. The van der Waals surface area contributed by atoms with Crippen LogP contribution in [0.5, 0.6) is 0 Å². The summed E-state index contributed by atoms with van der Waals surface area (Å²) in [6.07, 6.45) is 0. The van der Waals surface area contributed by atoms with Gasteiger partial charge >= 0.3 is 0 Å². The SMILES string of the molecule is CC(=O)c1ccc2c(c1)NNC2. The van der Waals surface area contributed by atoms with E-state index in [-0.39, 0.29) is 5.78 Å². The third-order valence-corrected chi connectivity index (χ3v) is 2.02. The number of benzene rings is 1. The van der Waals surface area contributed by atoms with Gasteiger partial charge in [0.15, 0.2) is 5.78 Å². The minimum absolute atomic E-state index is 0.103. The zero-order chi connectivity index (χ0) is 8.55. The minimum atomic E-state index is 0.103. The van der Waals surface area contributed by atoms with Crippen LogP contribution in [-0.2, 0) is 6.54 Å². The Morgan fingerprint density at radius 3 is 3.08 bits per heavy atom. The highest BCUT2D eigenvalue weighted by atomic mass is 16.1. The summed E-state index contributed by atoms with van der Waals surface area (Å²) in [5.74, 6) is 0.103. The monoisotopic (exact) mass is 162 g/mol. The number of anilines is 1. The van der Waals surface area contributed by atoms with E-state index in [1.807, 2.05) is 18.2 Å². The first-order valence-corrected chi connectivity index (χ1v) is 3.90. The number of hydrogen-bond donors (Lipinski definition) is 2. The van der Waals surface area contributed by atoms with Crippen molar-refractivity contribution in [2.45, 2.75) is 13.5 Å². The number of ketones is 1. The molecule has 0 unspecified atom stereocenters. The fraction of sp³-hybridized carbons (Fsp3) is 0.222. The highest BCUT2D eigenvalue weighted by Gasteiger charge is 2.10. The number of rotatable bonds is 1. The summed E-state index contributed by atoms with van der Waals surface area (Å²) >= 11 is 0. The summed E-state index contributed by atoms with van der Waals surface area (Å²) in [6.45, 7) is 2.40. The van der Waals surface area contributed by atoms with Gasteiger partial charge in [-0.05, 0) is 18.6 Å². The highest BCUT2D eigenvalue weighted by Crippen LogP contribution is 2.20. The van der Waals surface area contributed by atoms with Gasteiger partial charge in [0.2, 0.25) is 0 Å². The van der Waals surface area contributed by atoms with Crippen molar-refractivity contribution >= 4 is 11.5 Å². The Bertz CT molecular complexity index is 333. The van der Waals surface area contributed by atoms with E-state index in [1.165, 1.54) is 5.56 Å². The number of carbonyl (C=O) groups excluding carboxylic acids is 1. The molecule has 0 radical (unpaired) electrons. The summed E-state index contributed by atoms with van der Waals surface area (Å²) in [6, 6.07) is 5.70. The molecule has 0 atom stereocenters. The van der Waals surface area contributed by atoms with Crippen LogP contribution in [0.2, 0.25) is 0 Å². The van der Waals surface area contributed by atoms with Crippen molar-refractivity contribution in [3.8, 4) is 0 Å². The number of hydrogen-bond acceptors (Lipinski definition) is 3.